The van der Waals surface area contributed by atoms with Gasteiger partial charge in [-0.3, -0.25) is 4.79 Å². The molecular weight excluding hydrogens is 348 g/mol. The number of nitrogens with zero attached hydrogens (tertiary/aromatic N) is 3. The molecule has 2 amide bonds. The molecule has 146 valence electrons. The molecule has 5 aliphatic rings. The lowest BCUT2D eigenvalue weighted by Crippen LogP contribution is -2.59. The summed E-state index contributed by atoms with van der Waals surface area (Å²) in [6.45, 7) is 2.98. The van der Waals surface area contributed by atoms with E-state index < -0.39 is 0 Å². The molecule has 4 unspecified atom stereocenters. The molecule has 0 spiro atoms. The Balaban J connectivity index is 1.24. The Morgan fingerprint density at radius 2 is 2.00 bits per heavy atom. The number of carbonyl (C=O) groups excluding carboxylic acids is 2. The normalized spacial score (nSPS) is 39.7. The van der Waals surface area contributed by atoms with Crippen LogP contribution in [-0.4, -0.2) is 46.2 Å². The molecule has 8 nitrogen and oxygen atoms in total. The number of amides is 2. The maximum atomic E-state index is 12.8. The van der Waals surface area contributed by atoms with E-state index in [1.165, 1.54) is 0 Å². The number of hydrogen-bond donors (Lipinski definition) is 1. The zero-order valence-corrected chi connectivity index (χ0v) is 15.6. The minimum absolute atomic E-state index is 0.0776. The third-order valence-electron chi connectivity index (χ3n) is 7.29. The van der Waals surface area contributed by atoms with Crippen molar-refractivity contribution in [3.05, 3.63) is 11.7 Å². The van der Waals surface area contributed by atoms with Crippen LogP contribution < -0.4 is 5.73 Å². The monoisotopic (exact) mass is 374 g/mol. The first-order valence-corrected chi connectivity index (χ1v) is 9.99. The minimum atomic E-state index is -0.353. The first-order valence-electron chi connectivity index (χ1n) is 9.99. The van der Waals surface area contributed by atoms with Crippen LogP contribution in [0.3, 0.4) is 0 Å². The summed E-state index contributed by atoms with van der Waals surface area (Å²) in [5.41, 5.74) is 5.38. The Hall–Kier alpha value is -2.12. The molecule has 4 saturated carbocycles. The van der Waals surface area contributed by atoms with Crippen LogP contribution in [0.2, 0.25) is 0 Å². The fourth-order valence-corrected chi connectivity index (χ4v) is 6.27. The first-order chi connectivity index (χ1) is 12.9. The third-order valence-corrected chi connectivity index (χ3v) is 7.29. The van der Waals surface area contributed by atoms with Gasteiger partial charge in [0.05, 0.1) is 11.3 Å². The third kappa shape index (κ3) is 2.72. The van der Waals surface area contributed by atoms with Gasteiger partial charge >= 0.3 is 6.09 Å². The Bertz CT molecular complexity index is 762. The van der Waals surface area contributed by atoms with Crippen molar-refractivity contribution in [2.75, 3.05) is 13.1 Å². The molecule has 27 heavy (non-hydrogen) atoms. The zero-order valence-electron chi connectivity index (χ0n) is 15.6. The van der Waals surface area contributed by atoms with Gasteiger partial charge in [0.2, 0.25) is 11.8 Å². The summed E-state index contributed by atoms with van der Waals surface area (Å²) >= 11 is 0. The summed E-state index contributed by atoms with van der Waals surface area (Å²) in [5.74, 6) is 2.22. The molecule has 4 aliphatic carbocycles. The van der Waals surface area contributed by atoms with E-state index in [0.29, 0.717) is 30.7 Å². The number of ether oxygens (including phenoxy) is 1. The minimum Gasteiger partial charge on any atom is -0.446 e. The topological polar surface area (TPSA) is 112 Å². The Morgan fingerprint density at radius 1 is 1.26 bits per heavy atom. The van der Waals surface area contributed by atoms with Crippen LogP contribution in [0.1, 0.15) is 56.2 Å². The van der Waals surface area contributed by atoms with E-state index in [2.05, 4.69) is 10.1 Å². The van der Waals surface area contributed by atoms with Gasteiger partial charge in [0.1, 0.15) is 6.10 Å². The lowest BCUT2D eigenvalue weighted by atomic mass is 9.48. The quantitative estimate of drug-likeness (QED) is 0.866. The van der Waals surface area contributed by atoms with Gasteiger partial charge in [0.25, 0.3) is 0 Å². The Labute approximate surface area is 157 Å². The van der Waals surface area contributed by atoms with E-state index >= 15 is 0 Å². The number of hydrogen-bond acceptors (Lipinski definition) is 6. The molecule has 6 atom stereocenters. The van der Waals surface area contributed by atoms with Crippen molar-refractivity contribution in [3.63, 3.8) is 0 Å². The van der Waals surface area contributed by atoms with Gasteiger partial charge in [-0.1, -0.05) is 5.16 Å². The average molecular weight is 374 g/mol. The fourth-order valence-electron chi connectivity index (χ4n) is 6.27. The molecule has 0 aromatic carbocycles. The largest absolute Gasteiger partial charge is 0.446 e. The highest BCUT2D eigenvalue weighted by molar-refractivity contribution is 5.81. The van der Waals surface area contributed by atoms with E-state index in [4.69, 9.17) is 15.0 Å². The molecule has 8 heteroatoms. The molecular formula is C19H26N4O4. The van der Waals surface area contributed by atoms with Crippen LogP contribution in [0, 0.1) is 30.1 Å². The summed E-state index contributed by atoms with van der Waals surface area (Å²) in [6.07, 6.45) is 5.05. The number of carbonyl (C=O) groups is 2. The molecule has 6 rings (SSSR count). The average Bonchev–Trinajstić information content (AvgIpc) is 3.26. The van der Waals surface area contributed by atoms with Gasteiger partial charge in [-0.2, -0.15) is 4.98 Å². The lowest BCUT2D eigenvalue weighted by Gasteiger charge is -2.58. The predicted molar refractivity (Wildman–Crippen MR) is 93.4 cm³/mol. The smallest absolute Gasteiger partial charge is 0.410 e. The predicted octanol–water partition coefficient (Wildman–Crippen LogP) is 1.98. The number of likely N-dealkylation sites (tertiary alicyclic amines) is 1. The van der Waals surface area contributed by atoms with Crippen molar-refractivity contribution in [1.82, 2.24) is 15.0 Å². The maximum absolute atomic E-state index is 12.8. The second-order valence-electron chi connectivity index (χ2n) is 9.07. The van der Waals surface area contributed by atoms with Gasteiger partial charge in [-0.25, -0.2) is 4.79 Å². The number of aryl methyl sites for hydroxylation is 1. The van der Waals surface area contributed by atoms with E-state index in [0.717, 1.165) is 38.5 Å². The van der Waals surface area contributed by atoms with Gasteiger partial charge in [0.15, 0.2) is 5.82 Å². The zero-order chi connectivity index (χ0) is 18.8. The number of nitrogens with two attached hydrogens (primary N) is 1. The summed E-state index contributed by atoms with van der Waals surface area (Å²) in [7, 11) is 0. The van der Waals surface area contributed by atoms with Gasteiger partial charge < -0.3 is 19.9 Å². The molecule has 1 saturated heterocycles. The van der Waals surface area contributed by atoms with E-state index in [1.54, 1.807) is 11.8 Å². The fraction of sp³-hybridized carbons (Fsp3) is 0.789. The first kappa shape index (κ1) is 17.0. The number of aromatic nitrogens is 2. The summed E-state index contributed by atoms with van der Waals surface area (Å²) in [4.78, 5) is 30.9. The summed E-state index contributed by atoms with van der Waals surface area (Å²) in [5, 5.41) is 3.84. The molecule has 1 aromatic heterocycles. The van der Waals surface area contributed by atoms with Gasteiger partial charge in [-0.15, -0.1) is 0 Å². The van der Waals surface area contributed by atoms with E-state index in [9.17, 15) is 9.59 Å². The van der Waals surface area contributed by atoms with Crippen molar-refractivity contribution in [2.45, 2.75) is 57.5 Å². The van der Waals surface area contributed by atoms with Crippen LogP contribution >= 0.6 is 0 Å². The van der Waals surface area contributed by atoms with Crippen LogP contribution in [0.5, 0.6) is 0 Å². The Kier molecular flexibility index (Phi) is 3.74. The molecule has 5 fully saturated rings. The van der Waals surface area contributed by atoms with Crippen molar-refractivity contribution < 1.29 is 18.8 Å². The SMILES string of the molecule is Cc1noc(C2CCN(C(=O)OC3C4CC5C[C@H]3C[C@@](C(N)=O)(C5)C4)C2)n1. The van der Waals surface area contributed by atoms with Crippen LogP contribution in [0.15, 0.2) is 4.52 Å². The van der Waals surface area contributed by atoms with Crippen LogP contribution in [-0.2, 0) is 9.53 Å². The highest BCUT2D eigenvalue weighted by atomic mass is 16.6. The Morgan fingerprint density at radius 3 is 2.63 bits per heavy atom. The standard InChI is InChI=1S/C19H26N4O4/c1-10-21-16(27-22-10)12-2-3-23(9-12)18(25)26-15-13-4-11-5-14(15)8-19(6-11,7-13)17(20)24/h11-15H,2-9H2,1H3,(H2,20,24)/t11?,12?,13-,14?,15?,19-/m0/s1. The molecule has 2 N–H and O–H groups in total. The van der Waals surface area contributed by atoms with E-state index in [-0.39, 0.29) is 41.3 Å². The van der Waals surface area contributed by atoms with E-state index in [1.807, 2.05) is 0 Å². The van der Waals surface area contributed by atoms with Gasteiger partial charge in [0, 0.05) is 13.1 Å². The molecule has 1 aliphatic heterocycles. The maximum Gasteiger partial charge on any atom is 0.410 e. The van der Waals surface area contributed by atoms with Crippen LogP contribution in [0.25, 0.3) is 0 Å². The molecule has 4 bridgehead atoms. The molecule has 1 aromatic rings. The van der Waals surface area contributed by atoms with Crippen molar-refractivity contribution in [2.24, 2.45) is 28.9 Å². The number of primary amides is 1. The van der Waals surface area contributed by atoms with Gasteiger partial charge in [-0.05, 0) is 63.2 Å². The van der Waals surface area contributed by atoms with Crippen molar-refractivity contribution in [3.8, 4) is 0 Å². The highest BCUT2D eigenvalue weighted by Gasteiger charge is 2.59. The van der Waals surface area contributed by atoms with Crippen LogP contribution in [0.4, 0.5) is 4.79 Å². The summed E-state index contributed by atoms with van der Waals surface area (Å²) in [6, 6.07) is 0. The second kappa shape index (κ2) is 5.94. The van der Waals surface area contributed by atoms with Crippen molar-refractivity contribution in [1.29, 1.82) is 0 Å². The molecule has 2 heterocycles. The summed E-state index contributed by atoms with van der Waals surface area (Å²) < 4.78 is 11.2. The lowest BCUT2D eigenvalue weighted by molar-refractivity contribution is -0.161. The second-order valence-corrected chi connectivity index (χ2v) is 9.07. The highest BCUT2D eigenvalue weighted by Crippen LogP contribution is 2.60. The molecule has 0 radical (unpaired) electrons. The number of rotatable bonds is 3. The van der Waals surface area contributed by atoms with Crippen molar-refractivity contribution >= 4 is 12.0 Å².